The number of rotatable bonds is 5. The number of nitrogens with two attached hydrogens (primary N) is 1. The summed E-state index contributed by atoms with van der Waals surface area (Å²) >= 11 is 0. The second-order valence-corrected chi connectivity index (χ2v) is 6.66. The van der Waals surface area contributed by atoms with E-state index in [1.807, 2.05) is 37.3 Å². The molecule has 1 saturated heterocycles. The number of carbonyl (C=O) groups excluding carboxylic acids is 2. The average molecular weight is 355 g/mol. The summed E-state index contributed by atoms with van der Waals surface area (Å²) in [5.41, 5.74) is 7.90. The van der Waals surface area contributed by atoms with Crippen molar-refractivity contribution >= 4 is 28.5 Å². The van der Waals surface area contributed by atoms with Gasteiger partial charge < -0.3 is 16.4 Å². The zero-order valence-corrected chi connectivity index (χ0v) is 15.0. The zero-order chi connectivity index (χ0) is 18.5. The number of primary amides is 1. The number of pyridine rings is 1. The van der Waals surface area contributed by atoms with Crippen molar-refractivity contribution in [2.24, 2.45) is 5.73 Å². The summed E-state index contributed by atoms with van der Waals surface area (Å²) in [7, 11) is 0. The Labute approximate surface area is 152 Å². The van der Waals surface area contributed by atoms with Crippen LogP contribution in [0.4, 0.5) is 10.5 Å². The van der Waals surface area contributed by atoms with Crippen LogP contribution in [0.2, 0.25) is 0 Å². The van der Waals surface area contributed by atoms with Gasteiger partial charge in [0.05, 0.1) is 17.2 Å². The lowest BCUT2D eigenvalue weighted by Crippen LogP contribution is -2.50. The van der Waals surface area contributed by atoms with Gasteiger partial charge in [-0.05, 0) is 38.4 Å². The Morgan fingerprint density at radius 2 is 2.12 bits per heavy atom. The summed E-state index contributed by atoms with van der Waals surface area (Å²) in [6.45, 7) is 3.80. The molecule has 1 aromatic carbocycles. The Morgan fingerprint density at radius 1 is 1.31 bits per heavy atom. The van der Waals surface area contributed by atoms with Gasteiger partial charge in [-0.2, -0.15) is 0 Å². The molecule has 3 rings (SSSR count). The van der Waals surface area contributed by atoms with Crippen molar-refractivity contribution in [1.82, 2.24) is 15.2 Å². The van der Waals surface area contributed by atoms with Gasteiger partial charge in [0.1, 0.15) is 0 Å². The molecule has 0 spiro atoms. The number of para-hydroxylation sites is 1. The van der Waals surface area contributed by atoms with Gasteiger partial charge in [0, 0.05) is 24.2 Å². The van der Waals surface area contributed by atoms with Gasteiger partial charge in [-0.3, -0.25) is 14.7 Å². The van der Waals surface area contributed by atoms with E-state index in [0.717, 1.165) is 48.1 Å². The molecule has 3 amide bonds. The van der Waals surface area contributed by atoms with E-state index in [9.17, 15) is 9.59 Å². The third-order valence-corrected chi connectivity index (χ3v) is 4.72. The Bertz CT molecular complexity index is 808. The number of nitrogens with zero attached hydrogens (tertiary/aromatic N) is 2. The van der Waals surface area contributed by atoms with Crippen molar-refractivity contribution in [1.29, 1.82) is 0 Å². The van der Waals surface area contributed by atoms with Crippen LogP contribution in [0.15, 0.2) is 30.3 Å². The monoisotopic (exact) mass is 355 g/mol. The standard InChI is InChI=1S/C19H25N5O2/c1-13-12-16(14-6-2-3-7-15(14)22-13)23-19(26)21-9-11-24-10-5-4-8-17(24)18(20)25/h2-3,6-7,12,17H,4-5,8-11H2,1H3,(H2,20,25)(H2,21,22,23,26). The topological polar surface area (TPSA) is 100 Å². The molecule has 0 aliphatic carbocycles. The predicted octanol–water partition coefficient (Wildman–Crippen LogP) is 2.00. The summed E-state index contributed by atoms with van der Waals surface area (Å²) in [6.07, 6.45) is 2.87. The van der Waals surface area contributed by atoms with Crippen LogP contribution in [-0.2, 0) is 4.79 Å². The lowest BCUT2D eigenvalue weighted by Gasteiger charge is -2.33. The van der Waals surface area contributed by atoms with Crippen LogP contribution >= 0.6 is 0 Å². The van der Waals surface area contributed by atoms with E-state index in [4.69, 9.17) is 5.73 Å². The maximum atomic E-state index is 12.3. The van der Waals surface area contributed by atoms with E-state index in [2.05, 4.69) is 20.5 Å². The van der Waals surface area contributed by atoms with Crippen molar-refractivity contribution in [3.8, 4) is 0 Å². The van der Waals surface area contributed by atoms with Crippen LogP contribution < -0.4 is 16.4 Å². The van der Waals surface area contributed by atoms with Gasteiger partial charge in [-0.1, -0.05) is 24.6 Å². The molecular weight excluding hydrogens is 330 g/mol. The normalized spacial score (nSPS) is 17.8. The van der Waals surface area contributed by atoms with Crippen LogP contribution in [0.1, 0.15) is 25.0 Å². The quantitative estimate of drug-likeness (QED) is 0.764. The molecule has 26 heavy (non-hydrogen) atoms. The minimum atomic E-state index is -0.284. The summed E-state index contributed by atoms with van der Waals surface area (Å²) in [6, 6.07) is 9.06. The number of fused-ring (bicyclic) bond motifs is 1. The number of hydrogen-bond donors (Lipinski definition) is 3. The van der Waals surface area contributed by atoms with Gasteiger partial charge in [-0.25, -0.2) is 4.79 Å². The highest BCUT2D eigenvalue weighted by molar-refractivity contribution is 6.00. The molecule has 1 fully saturated rings. The minimum Gasteiger partial charge on any atom is -0.368 e. The van der Waals surface area contributed by atoms with Crippen LogP contribution in [0.25, 0.3) is 10.9 Å². The number of urea groups is 1. The number of anilines is 1. The number of amides is 3. The highest BCUT2D eigenvalue weighted by Gasteiger charge is 2.26. The SMILES string of the molecule is Cc1cc(NC(=O)NCCN2CCCCC2C(N)=O)c2ccccc2n1. The molecule has 7 nitrogen and oxygen atoms in total. The molecular formula is C19H25N5O2. The smallest absolute Gasteiger partial charge is 0.319 e. The number of carbonyl (C=O) groups is 2. The molecule has 1 aliphatic rings. The van der Waals surface area contributed by atoms with E-state index in [0.29, 0.717) is 13.1 Å². The first-order chi connectivity index (χ1) is 12.5. The predicted molar refractivity (Wildman–Crippen MR) is 102 cm³/mol. The fourth-order valence-corrected chi connectivity index (χ4v) is 3.47. The molecule has 0 saturated carbocycles. The molecule has 1 unspecified atom stereocenters. The number of piperidine rings is 1. The van der Waals surface area contributed by atoms with E-state index < -0.39 is 0 Å². The maximum absolute atomic E-state index is 12.3. The van der Waals surface area contributed by atoms with E-state index in [-0.39, 0.29) is 18.0 Å². The summed E-state index contributed by atoms with van der Waals surface area (Å²) in [4.78, 5) is 30.3. The van der Waals surface area contributed by atoms with Gasteiger partial charge in [-0.15, -0.1) is 0 Å². The van der Waals surface area contributed by atoms with Crippen LogP contribution in [0, 0.1) is 6.92 Å². The first-order valence-electron chi connectivity index (χ1n) is 8.99. The summed E-state index contributed by atoms with van der Waals surface area (Å²) in [5, 5.41) is 6.66. The lowest BCUT2D eigenvalue weighted by molar-refractivity contribution is -0.124. The second kappa shape index (κ2) is 8.14. The third-order valence-electron chi connectivity index (χ3n) is 4.72. The van der Waals surface area contributed by atoms with Crippen molar-refractivity contribution in [3.63, 3.8) is 0 Å². The van der Waals surface area contributed by atoms with Crippen molar-refractivity contribution in [2.75, 3.05) is 25.0 Å². The van der Waals surface area contributed by atoms with Crippen LogP contribution in [0.5, 0.6) is 0 Å². The number of aryl methyl sites for hydroxylation is 1. The Balaban J connectivity index is 1.57. The second-order valence-electron chi connectivity index (χ2n) is 6.66. The third kappa shape index (κ3) is 4.29. The fraction of sp³-hybridized carbons (Fsp3) is 0.421. The molecule has 1 aromatic heterocycles. The first-order valence-corrected chi connectivity index (χ1v) is 8.99. The number of hydrogen-bond acceptors (Lipinski definition) is 4. The van der Waals surface area contributed by atoms with Gasteiger partial charge in [0.15, 0.2) is 0 Å². The van der Waals surface area contributed by atoms with Gasteiger partial charge in [0.2, 0.25) is 5.91 Å². The van der Waals surface area contributed by atoms with Gasteiger partial charge >= 0.3 is 6.03 Å². The van der Waals surface area contributed by atoms with Crippen LogP contribution in [-0.4, -0.2) is 47.5 Å². The Kier molecular flexibility index (Phi) is 5.68. The summed E-state index contributed by atoms with van der Waals surface area (Å²) < 4.78 is 0. The number of likely N-dealkylation sites (tertiary alicyclic amines) is 1. The van der Waals surface area contributed by atoms with Crippen molar-refractivity contribution < 1.29 is 9.59 Å². The molecule has 1 atom stereocenters. The zero-order valence-electron chi connectivity index (χ0n) is 15.0. The fourth-order valence-electron chi connectivity index (χ4n) is 3.47. The molecule has 2 aromatic rings. The Hall–Kier alpha value is -2.67. The lowest BCUT2D eigenvalue weighted by atomic mass is 10.0. The Morgan fingerprint density at radius 3 is 2.92 bits per heavy atom. The molecule has 0 bridgehead atoms. The molecule has 1 aliphatic heterocycles. The van der Waals surface area contributed by atoms with E-state index >= 15 is 0 Å². The molecule has 7 heteroatoms. The average Bonchev–Trinajstić information content (AvgIpc) is 2.62. The first kappa shape index (κ1) is 18.1. The van der Waals surface area contributed by atoms with Gasteiger partial charge in [0.25, 0.3) is 0 Å². The van der Waals surface area contributed by atoms with Crippen molar-refractivity contribution in [3.05, 3.63) is 36.0 Å². The number of nitrogens with one attached hydrogen (secondary N) is 2. The molecule has 2 heterocycles. The largest absolute Gasteiger partial charge is 0.368 e. The van der Waals surface area contributed by atoms with E-state index in [1.165, 1.54) is 0 Å². The molecule has 138 valence electrons. The molecule has 4 N–H and O–H groups in total. The van der Waals surface area contributed by atoms with Crippen molar-refractivity contribution in [2.45, 2.75) is 32.2 Å². The highest BCUT2D eigenvalue weighted by Crippen LogP contribution is 2.22. The number of benzene rings is 1. The number of aromatic nitrogens is 1. The van der Waals surface area contributed by atoms with Crippen LogP contribution in [0.3, 0.4) is 0 Å². The highest BCUT2D eigenvalue weighted by atomic mass is 16.2. The maximum Gasteiger partial charge on any atom is 0.319 e. The summed E-state index contributed by atoms with van der Waals surface area (Å²) in [5.74, 6) is -0.284. The van der Waals surface area contributed by atoms with E-state index in [1.54, 1.807) is 0 Å². The molecule has 0 radical (unpaired) electrons. The minimum absolute atomic E-state index is 0.222.